The normalized spacial score (nSPS) is 20.6. The minimum atomic E-state index is -1.03. The maximum absolute atomic E-state index is 13.3. The molecule has 3 N–H and O–H groups in total. The topological polar surface area (TPSA) is 46.2 Å². The summed E-state index contributed by atoms with van der Waals surface area (Å²) in [7, 11) is 0. The van der Waals surface area contributed by atoms with Gasteiger partial charge in [-0.15, -0.1) is 0 Å². The third-order valence-corrected chi connectivity index (χ3v) is 2.66. The second kappa shape index (κ2) is 3.20. The van der Waals surface area contributed by atoms with Gasteiger partial charge in [0.15, 0.2) is 11.6 Å². The van der Waals surface area contributed by atoms with Crippen LogP contribution in [0.1, 0.15) is 30.0 Å². The van der Waals surface area contributed by atoms with Gasteiger partial charge in [-0.25, -0.2) is 8.78 Å². The predicted molar refractivity (Wildman–Crippen MR) is 47.9 cm³/mol. The van der Waals surface area contributed by atoms with Crippen LogP contribution in [0.2, 0.25) is 0 Å². The van der Waals surface area contributed by atoms with Crippen LogP contribution < -0.4 is 5.73 Å². The van der Waals surface area contributed by atoms with Crippen molar-refractivity contribution in [3.8, 4) is 5.75 Å². The first-order valence-electron chi connectivity index (χ1n) is 4.56. The molecule has 0 bridgehead atoms. The van der Waals surface area contributed by atoms with E-state index < -0.39 is 17.7 Å². The van der Waals surface area contributed by atoms with Gasteiger partial charge >= 0.3 is 0 Å². The van der Waals surface area contributed by atoms with E-state index in [2.05, 4.69) is 0 Å². The highest BCUT2D eigenvalue weighted by molar-refractivity contribution is 5.43. The number of fused-ring (bicyclic) bond motifs is 1. The van der Waals surface area contributed by atoms with Crippen molar-refractivity contribution in [2.45, 2.75) is 25.3 Å². The van der Waals surface area contributed by atoms with E-state index in [1.54, 1.807) is 0 Å². The Morgan fingerprint density at radius 3 is 2.86 bits per heavy atom. The first kappa shape index (κ1) is 9.40. The lowest BCUT2D eigenvalue weighted by Gasteiger charge is -2.23. The highest BCUT2D eigenvalue weighted by atomic mass is 19.2. The van der Waals surface area contributed by atoms with Crippen LogP contribution in [0, 0.1) is 11.6 Å². The monoisotopic (exact) mass is 199 g/mol. The minimum Gasteiger partial charge on any atom is -0.508 e. The van der Waals surface area contributed by atoms with Crippen molar-refractivity contribution in [3.63, 3.8) is 0 Å². The lowest BCUT2D eigenvalue weighted by Crippen LogP contribution is -2.20. The van der Waals surface area contributed by atoms with E-state index in [4.69, 9.17) is 5.73 Å². The molecule has 0 heterocycles. The zero-order valence-electron chi connectivity index (χ0n) is 7.56. The molecule has 14 heavy (non-hydrogen) atoms. The van der Waals surface area contributed by atoms with Crippen molar-refractivity contribution < 1.29 is 13.9 Å². The molecule has 0 aromatic heterocycles. The molecule has 1 aromatic carbocycles. The number of phenolic OH excluding ortho intramolecular Hbond substituents is 1. The van der Waals surface area contributed by atoms with Crippen LogP contribution in [0.3, 0.4) is 0 Å². The SMILES string of the molecule is N[C@H]1CCCc2c(O)cc(F)c(F)c21. The van der Waals surface area contributed by atoms with Crippen LogP contribution in [0.15, 0.2) is 6.07 Å². The molecule has 0 spiro atoms. The maximum Gasteiger partial charge on any atom is 0.164 e. The molecule has 4 heteroatoms. The highest BCUT2D eigenvalue weighted by Gasteiger charge is 2.25. The molecule has 0 amide bonds. The van der Waals surface area contributed by atoms with Gasteiger partial charge in [-0.1, -0.05) is 0 Å². The number of rotatable bonds is 0. The van der Waals surface area contributed by atoms with Crippen molar-refractivity contribution in [3.05, 3.63) is 28.8 Å². The van der Waals surface area contributed by atoms with Gasteiger partial charge in [0.25, 0.3) is 0 Å². The minimum absolute atomic E-state index is 0.147. The number of benzene rings is 1. The number of halogens is 2. The van der Waals surface area contributed by atoms with E-state index in [-0.39, 0.29) is 11.3 Å². The van der Waals surface area contributed by atoms with Crippen molar-refractivity contribution in [2.75, 3.05) is 0 Å². The molecule has 0 unspecified atom stereocenters. The largest absolute Gasteiger partial charge is 0.508 e. The van der Waals surface area contributed by atoms with E-state index in [1.807, 2.05) is 0 Å². The highest BCUT2D eigenvalue weighted by Crippen LogP contribution is 2.36. The average molecular weight is 199 g/mol. The number of hydrogen-bond donors (Lipinski definition) is 2. The fraction of sp³-hybridized carbons (Fsp3) is 0.400. The number of phenols is 1. The number of aromatic hydroxyl groups is 1. The predicted octanol–water partition coefficient (Wildman–Crippen LogP) is 2.01. The summed E-state index contributed by atoms with van der Waals surface area (Å²) in [6.45, 7) is 0. The molecule has 1 aliphatic rings. The molecule has 1 aromatic rings. The second-order valence-corrected chi connectivity index (χ2v) is 3.58. The average Bonchev–Trinajstić information content (AvgIpc) is 2.14. The fourth-order valence-electron chi connectivity index (χ4n) is 1.96. The zero-order chi connectivity index (χ0) is 10.3. The van der Waals surface area contributed by atoms with Gasteiger partial charge in [0.1, 0.15) is 5.75 Å². The second-order valence-electron chi connectivity index (χ2n) is 3.58. The molecule has 0 saturated carbocycles. The van der Waals surface area contributed by atoms with Crippen LogP contribution >= 0.6 is 0 Å². The molecule has 0 saturated heterocycles. The molecular weight excluding hydrogens is 188 g/mol. The summed E-state index contributed by atoms with van der Waals surface area (Å²) >= 11 is 0. The first-order chi connectivity index (χ1) is 6.61. The van der Waals surface area contributed by atoms with Gasteiger partial charge in [-0.2, -0.15) is 0 Å². The third kappa shape index (κ3) is 1.26. The Hall–Kier alpha value is -1.16. The zero-order valence-corrected chi connectivity index (χ0v) is 7.56. The fourth-order valence-corrected chi connectivity index (χ4v) is 1.96. The first-order valence-corrected chi connectivity index (χ1v) is 4.56. The molecule has 2 rings (SSSR count). The standard InChI is InChI=1S/C10H11F2NO/c11-6-4-8(14)5-2-1-3-7(13)9(5)10(6)12/h4,7,14H,1-3,13H2/t7-/m0/s1. The van der Waals surface area contributed by atoms with E-state index in [1.165, 1.54) is 0 Å². The van der Waals surface area contributed by atoms with Crippen LogP contribution in [0.5, 0.6) is 5.75 Å². The summed E-state index contributed by atoms with van der Waals surface area (Å²) in [6.07, 6.45) is 1.99. The van der Waals surface area contributed by atoms with Gasteiger partial charge in [0.2, 0.25) is 0 Å². The lowest BCUT2D eigenvalue weighted by atomic mass is 9.87. The molecule has 76 valence electrons. The van der Waals surface area contributed by atoms with Gasteiger partial charge in [0.05, 0.1) is 0 Å². The molecule has 2 nitrogen and oxygen atoms in total. The van der Waals surface area contributed by atoms with Crippen LogP contribution in [-0.4, -0.2) is 5.11 Å². The van der Waals surface area contributed by atoms with Crippen molar-refractivity contribution in [1.29, 1.82) is 0 Å². The number of nitrogens with two attached hydrogens (primary N) is 1. The van der Waals surface area contributed by atoms with Gasteiger partial charge < -0.3 is 10.8 Å². The number of hydrogen-bond acceptors (Lipinski definition) is 2. The van der Waals surface area contributed by atoms with E-state index >= 15 is 0 Å². The summed E-state index contributed by atoms with van der Waals surface area (Å²) in [4.78, 5) is 0. The summed E-state index contributed by atoms with van der Waals surface area (Å²) in [5.74, 6) is -2.13. The van der Waals surface area contributed by atoms with E-state index in [0.717, 1.165) is 12.5 Å². The van der Waals surface area contributed by atoms with Gasteiger partial charge in [0, 0.05) is 23.2 Å². The van der Waals surface area contributed by atoms with Crippen LogP contribution in [0.25, 0.3) is 0 Å². The Balaban J connectivity index is 2.67. The Bertz CT molecular complexity index is 379. The molecule has 0 fully saturated rings. The van der Waals surface area contributed by atoms with Crippen LogP contribution in [0.4, 0.5) is 8.78 Å². The summed E-state index contributed by atoms with van der Waals surface area (Å²) < 4.78 is 26.3. The summed E-state index contributed by atoms with van der Waals surface area (Å²) in [5, 5.41) is 9.42. The molecule has 1 atom stereocenters. The Labute approximate surface area is 80.4 Å². The van der Waals surface area contributed by atoms with Crippen molar-refractivity contribution in [2.24, 2.45) is 5.73 Å². The third-order valence-electron chi connectivity index (χ3n) is 2.66. The summed E-state index contributed by atoms with van der Waals surface area (Å²) in [6, 6.07) is 0.312. The van der Waals surface area contributed by atoms with Crippen molar-refractivity contribution >= 4 is 0 Å². The summed E-state index contributed by atoms with van der Waals surface area (Å²) in [5.41, 5.74) is 6.27. The van der Waals surface area contributed by atoms with E-state index in [0.29, 0.717) is 18.4 Å². The lowest BCUT2D eigenvalue weighted by molar-refractivity contribution is 0.420. The molecule has 0 radical (unpaired) electrons. The Morgan fingerprint density at radius 1 is 1.43 bits per heavy atom. The van der Waals surface area contributed by atoms with Gasteiger partial charge in [-0.05, 0) is 19.3 Å². The van der Waals surface area contributed by atoms with Gasteiger partial charge in [-0.3, -0.25) is 0 Å². The smallest absolute Gasteiger partial charge is 0.164 e. The molecule has 1 aliphatic carbocycles. The Kier molecular flexibility index (Phi) is 2.15. The van der Waals surface area contributed by atoms with Crippen LogP contribution in [-0.2, 0) is 6.42 Å². The quantitative estimate of drug-likeness (QED) is 0.671. The van der Waals surface area contributed by atoms with Crippen molar-refractivity contribution in [1.82, 2.24) is 0 Å². The molecule has 0 aliphatic heterocycles. The Morgan fingerprint density at radius 2 is 2.14 bits per heavy atom. The maximum atomic E-state index is 13.3. The molecular formula is C10H11F2NO. The van der Waals surface area contributed by atoms with E-state index in [9.17, 15) is 13.9 Å².